The van der Waals surface area contributed by atoms with Gasteiger partial charge in [-0.3, -0.25) is 4.79 Å². The highest BCUT2D eigenvalue weighted by Crippen LogP contribution is 2.20. The molecule has 0 saturated heterocycles. The normalized spacial score (nSPS) is 11.0. The number of aromatic nitrogens is 5. The molecule has 2 heterocycles. The van der Waals surface area contributed by atoms with E-state index in [0.717, 1.165) is 5.69 Å². The smallest absolute Gasteiger partial charge is 0.276 e. The van der Waals surface area contributed by atoms with Crippen molar-refractivity contribution < 1.29 is 9.90 Å². The van der Waals surface area contributed by atoms with Crippen molar-refractivity contribution >= 4 is 5.91 Å². The number of carbonyl (C=O) groups is 1. The first-order chi connectivity index (χ1) is 12.0. The highest BCUT2D eigenvalue weighted by atomic mass is 16.3. The van der Waals surface area contributed by atoms with Crippen molar-refractivity contribution in [2.24, 2.45) is 7.05 Å². The topological polar surface area (TPSA) is 97.9 Å². The van der Waals surface area contributed by atoms with E-state index in [-0.39, 0.29) is 18.0 Å². The van der Waals surface area contributed by atoms with Gasteiger partial charge < -0.3 is 15.0 Å². The number of benzene rings is 1. The van der Waals surface area contributed by atoms with Gasteiger partial charge in [-0.25, -0.2) is 4.68 Å². The summed E-state index contributed by atoms with van der Waals surface area (Å²) in [5, 5.41) is 24.5. The van der Waals surface area contributed by atoms with Gasteiger partial charge in [0, 0.05) is 7.05 Å². The number of amides is 1. The summed E-state index contributed by atoms with van der Waals surface area (Å²) in [4.78, 5) is 12.3. The van der Waals surface area contributed by atoms with Crippen molar-refractivity contribution in [2.75, 3.05) is 0 Å². The Kier molecular flexibility index (Phi) is 4.51. The van der Waals surface area contributed by atoms with Crippen LogP contribution in [0.5, 0.6) is 5.75 Å². The Balaban J connectivity index is 1.75. The Labute approximate surface area is 145 Å². The van der Waals surface area contributed by atoms with E-state index in [1.165, 1.54) is 16.4 Å². The first kappa shape index (κ1) is 16.7. The van der Waals surface area contributed by atoms with Crippen molar-refractivity contribution in [2.45, 2.75) is 26.3 Å². The summed E-state index contributed by atoms with van der Waals surface area (Å²) in [6.45, 7) is 4.44. The Bertz CT molecular complexity index is 879. The summed E-state index contributed by atoms with van der Waals surface area (Å²) in [5.41, 5.74) is 1.95. The third-order valence-electron chi connectivity index (χ3n) is 3.95. The zero-order valence-corrected chi connectivity index (χ0v) is 14.3. The lowest BCUT2D eigenvalue weighted by Crippen LogP contribution is -2.25. The number of nitrogens with zero attached hydrogens (tertiary/aromatic N) is 5. The van der Waals surface area contributed by atoms with Gasteiger partial charge in [-0.05, 0) is 23.6 Å². The van der Waals surface area contributed by atoms with Gasteiger partial charge in [-0.15, -0.1) is 10.2 Å². The first-order valence-electron chi connectivity index (χ1n) is 7.95. The molecule has 8 nitrogen and oxygen atoms in total. The van der Waals surface area contributed by atoms with Crippen LogP contribution >= 0.6 is 0 Å². The predicted octanol–water partition coefficient (Wildman–Crippen LogP) is 1.76. The molecule has 0 aliphatic heterocycles. The average molecular weight is 340 g/mol. The summed E-state index contributed by atoms with van der Waals surface area (Å²) < 4.78 is 3.19. The monoisotopic (exact) mass is 340 g/mol. The second-order valence-corrected chi connectivity index (χ2v) is 6.09. The largest absolute Gasteiger partial charge is 0.504 e. The quantitative estimate of drug-likeness (QED) is 0.737. The van der Waals surface area contributed by atoms with Crippen LogP contribution in [0.1, 0.15) is 41.6 Å². The van der Waals surface area contributed by atoms with Crippen LogP contribution in [0.15, 0.2) is 36.8 Å². The fraction of sp³-hybridized carbons (Fsp3) is 0.294. The highest BCUT2D eigenvalue weighted by Gasteiger charge is 2.17. The molecule has 0 unspecified atom stereocenters. The van der Waals surface area contributed by atoms with E-state index in [2.05, 4.69) is 34.5 Å². The minimum absolute atomic E-state index is 0.0323. The second-order valence-electron chi connectivity index (χ2n) is 6.09. The molecule has 2 N–H and O–H groups in total. The lowest BCUT2D eigenvalue weighted by molar-refractivity contribution is 0.0941. The zero-order chi connectivity index (χ0) is 18.0. The van der Waals surface area contributed by atoms with Crippen LogP contribution < -0.4 is 5.32 Å². The maximum Gasteiger partial charge on any atom is 0.276 e. The second kappa shape index (κ2) is 6.76. The number of aryl methyl sites for hydroxylation is 1. The molecule has 0 aliphatic rings. The van der Waals surface area contributed by atoms with Gasteiger partial charge in [0.05, 0.1) is 18.4 Å². The van der Waals surface area contributed by atoms with Gasteiger partial charge in [0.1, 0.15) is 6.33 Å². The molecular formula is C17H20N6O2. The highest BCUT2D eigenvalue weighted by molar-refractivity contribution is 5.94. The van der Waals surface area contributed by atoms with Crippen molar-refractivity contribution in [1.29, 1.82) is 0 Å². The molecule has 8 heteroatoms. The van der Waals surface area contributed by atoms with Gasteiger partial charge in [0.15, 0.2) is 17.3 Å². The first-order valence-corrected chi connectivity index (χ1v) is 7.95. The third kappa shape index (κ3) is 3.52. The van der Waals surface area contributed by atoms with Gasteiger partial charge >= 0.3 is 0 Å². The summed E-state index contributed by atoms with van der Waals surface area (Å²) in [7, 11) is 1.79. The van der Waals surface area contributed by atoms with Crippen LogP contribution in [0, 0.1) is 0 Å². The molecule has 0 fully saturated rings. The van der Waals surface area contributed by atoms with Gasteiger partial charge in [-0.1, -0.05) is 26.0 Å². The molecule has 2 aromatic heterocycles. The molecule has 130 valence electrons. The van der Waals surface area contributed by atoms with Crippen LogP contribution in [0.3, 0.4) is 0 Å². The Morgan fingerprint density at radius 3 is 2.60 bits per heavy atom. The fourth-order valence-electron chi connectivity index (χ4n) is 2.38. The standard InChI is InChI=1S/C17H20N6O2/c1-11(2)12-4-6-13(7-5-12)23-9-14(24)16(21-23)17(25)18-8-15-20-19-10-22(15)3/h4-7,9-11,24H,8H2,1-3H3,(H,18,25). The van der Waals surface area contributed by atoms with E-state index < -0.39 is 5.91 Å². The van der Waals surface area contributed by atoms with Crippen molar-refractivity contribution in [3.63, 3.8) is 0 Å². The van der Waals surface area contributed by atoms with Crippen molar-refractivity contribution in [3.05, 3.63) is 53.9 Å². The summed E-state index contributed by atoms with van der Waals surface area (Å²) in [6, 6.07) is 7.82. The van der Waals surface area contributed by atoms with E-state index in [1.54, 1.807) is 17.9 Å². The molecule has 0 spiro atoms. The number of nitrogens with one attached hydrogen (secondary N) is 1. The Morgan fingerprint density at radius 2 is 2.00 bits per heavy atom. The summed E-state index contributed by atoms with van der Waals surface area (Å²) in [6.07, 6.45) is 2.97. The summed E-state index contributed by atoms with van der Waals surface area (Å²) in [5.74, 6) is 0.389. The van der Waals surface area contributed by atoms with E-state index in [0.29, 0.717) is 11.7 Å². The zero-order valence-electron chi connectivity index (χ0n) is 14.3. The maximum atomic E-state index is 12.3. The lowest BCUT2D eigenvalue weighted by Gasteiger charge is -2.06. The molecule has 1 aromatic carbocycles. The van der Waals surface area contributed by atoms with Crippen LogP contribution in [-0.4, -0.2) is 35.6 Å². The molecule has 0 saturated carbocycles. The van der Waals surface area contributed by atoms with E-state index in [4.69, 9.17) is 0 Å². The van der Waals surface area contributed by atoms with E-state index >= 15 is 0 Å². The fourth-order valence-corrected chi connectivity index (χ4v) is 2.38. The lowest BCUT2D eigenvalue weighted by atomic mass is 10.0. The van der Waals surface area contributed by atoms with Gasteiger partial charge in [0.25, 0.3) is 5.91 Å². The molecular weight excluding hydrogens is 320 g/mol. The molecule has 1 amide bonds. The number of rotatable bonds is 5. The van der Waals surface area contributed by atoms with Crippen LogP contribution in [0.2, 0.25) is 0 Å². The maximum absolute atomic E-state index is 12.3. The van der Waals surface area contributed by atoms with Gasteiger partial charge in [-0.2, -0.15) is 5.10 Å². The average Bonchev–Trinajstić information content (AvgIpc) is 3.18. The van der Waals surface area contributed by atoms with Crippen molar-refractivity contribution in [1.82, 2.24) is 29.9 Å². The molecule has 0 bridgehead atoms. The molecule has 25 heavy (non-hydrogen) atoms. The molecule has 0 atom stereocenters. The molecule has 0 aliphatic carbocycles. The van der Waals surface area contributed by atoms with Crippen molar-refractivity contribution in [3.8, 4) is 11.4 Å². The van der Waals surface area contributed by atoms with Gasteiger partial charge in [0.2, 0.25) is 0 Å². The summed E-state index contributed by atoms with van der Waals surface area (Å²) >= 11 is 0. The minimum Gasteiger partial charge on any atom is -0.504 e. The number of aromatic hydroxyl groups is 1. The molecule has 0 radical (unpaired) electrons. The Morgan fingerprint density at radius 1 is 1.28 bits per heavy atom. The predicted molar refractivity (Wildman–Crippen MR) is 91.5 cm³/mol. The van der Waals surface area contributed by atoms with Crippen LogP contribution in [-0.2, 0) is 13.6 Å². The SMILES string of the molecule is CC(C)c1ccc(-n2cc(O)c(C(=O)NCc3nncn3C)n2)cc1. The molecule has 3 aromatic rings. The Hall–Kier alpha value is -3.16. The number of hydrogen-bond acceptors (Lipinski definition) is 5. The van der Waals surface area contributed by atoms with Crippen LogP contribution in [0.25, 0.3) is 5.69 Å². The number of hydrogen-bond donors (Lipinski definition) is 2. The third-order valence-corrected chi connectivity index (χ3v) is 3.95. The van der Waals surface area contributed by atoms with E-state index in [1.807, 2.05) is 24.3 Å². The number of carbonyl (C=O) groups excluding carboxylic acids is 1. The van der Waals surface area contributed by atoms with E-state index in [9.17, 15) is 9.90 Å². The minimum atomic E-state index is -0.474. The van der Waals surface area contributed by atoms with Crippen LogP contribution in [0.4, 0.5) is 0 Å². The molecule has 3 rings (SSSR count).